The molecule has 3 aromatic rings. The summed E-state index contributed by atoms with van der Waals surface area (Å²) in [4.78, 5) is 12.4. The number of pyridine rings is 1. The SMILES string of the molecule is C#CS(=O)(=O)Cc1cccc(Cc2ccc(F)cc2)c1-c1cc(CC)c(=O)n(C)c1. The van der Waals surface area contributed by atoms with E-state index in [9.17, 15) is 17.6 Å². The minimum absolute atomic E-state index is 0.0879. The second-order valence-electron chi connectivity index (χ2n) is 7.16. The summed E-state index contributed by atoms with van der Waals surface area (Å²) in [5.41, 5.74) is 4.34. The molecule has 0 saturated carbocycles. The van der Waals surface area contributed by atoms with Gasteiger partial charge in [0.25, 0.3) is 5.56 Å². The molecular weight excluding hydrogens is 401 g/mol. The third-order valence-electron chi connectivity index (χ3n) is 5.00. The molecule has 0 amide bonds. The summed E-state index contributed by atoms with van der Waals surface area (Å²) in [5.74, 6) is -0.626. The lowest BCUT2D eigenvalue weighted by Crippen LogP contribution is -2.20. The summed E-state index contributed by atoms with van der Waals surface area (Å²) in [6, 6.07) is 13.4. The molecule has 0 spiro atoms. The van der Waals surface area contributed by atoms with Crippen molar-refractivity contribution in [3.8, 4) is 22.8 Å². The Morgan fingerprint density at radius 2 is 1.73 bits per heavy atom. The summed E-state index contributed by atoms with van der Waals surface area (Å²) < 4.78 is 39.1. The molecule has 30 heavy (non-hydrogen) atoms. The first-order valence-electron chi connectivity index (χ1n) is 9.49. The van der Waals surface area contributed by atoms with Gasteiger partial charge in [-0.05, 0) is 58.9 Å². The van der Waals surface area contributed by atoms with E-state index in [1.54, 1.807) is 43.6 Å². The second-order valence-corrected chi connectivity index (χ2v) is 8.91. The number of rotatable bonds is 6. The van der Waals surface area contributed by atoms with Crippen LogP contribution in [-0.4, -0.2) is 13.0 Å². The normalized spacial score (nSPS) is 11.3. The highest BCUT2D eigenvalue weighted by Gasteiger charge is 2.18. The monoisotopic (exact) mass is 423 g/mol. The fourth-order valence-electron chi connectivity index (χ4n) is 3.53. The molecule has 3 rings (SSSR count). The van der Waals surface area contributed by atoms with Crippen molar-refractivity contribution in [1.29, 1.82) is 0 Å². The zero-order chi connectivity index (χ0) is 21.9. The molecule has 0 N–H and O–H groups in total. The molecule has 0 atom stereocenters. The van der Waals surface area contributed by atoms with E-state index in [-0.39, 0.29) is 17.1 Å². The topological polar surface area (TPSA) is 56.1 Å². The quantitative estimate of drug-likeness (QED) is 0.447. The third-order valence-corrected chi connectivity index (χ3v) is 6.05. The summed E-state index contributed by atoms with van der Waals surface area (Å²) >= 11 is 0. The number of nitrogens with zero attached hydrogens (tertiary/aromatic N) is 1. The molecular formula is C24H22FNO3S. The molecule has 2 aromatic carbocycles. The van der Waals surface area contributed by atoms with Crippen molar-refractivity contribution in [2.24, 2.45) is 7.05 Å². The lowest BCUT2D eigenvalue weighted by atomic mass is 9.91. The van der Waals surface area contributed by atoms with Crippen LogP contribution in [0.2, 0.25) is 0 Å². The van der Waals surface area contributed by atoms with Crippen LogP contribution in [-0.2, 0) is 35.5 Å². The third kappa shape index (κ3) is 4.69. The van der Waals surface area contributed by atoms with Gasteiger partial charge in [0.1, 0.15) is 5.82 Å². The molecule has 0 unspecified atom stereocenters. The first kappa shape index (κ1) is 21.5. The van der Waals surface area contributed by atoms with E-state index in [1.807, 2.05) is 18.2 Å². The Kier molecular flexibility index (Phi) is 6.23. The molecule has 0 saturated heterocycles. The Morgan fingerprint density at radius 1 is 1.07 bits per heavy atom. The van der Waals surface area contributed by atoms with Gasteiger partial charge in [-0.1, -0.05) is 37.3 Å². The zero-order valence-electron chi connectivity index (χ0n) is 16.9. The number of benzene rings is 2. The summed E-state index contributed by atoms with van der Waals surface area (Å²) in [6.45, 7) is 1.90. The first-order valence-corrected chi connectivity index (χ1v) is 11.1. The molecule has 0 aliphatic heterocycles. The molecule has 0 fully saturated rings. The summed E-state index contributed by atoms with van der Waals surface area (Å²) in [7, 11) is -2.05. The standard InChI is InChI=1S/C24H22FNO3S/c1-4-18-14-21(15-26(3)24(18)27)23-19(13-17-9-11-22(25)12-10-17)7-6-8-20(23)16-30(28,29)5-2/h2,6-12,14-15H,4,13,16H2,1,3H3. The number of halogens is 1. The molecule has 154 valence electrons. The Labute approximate surface area is 175 Å². The van der Waals surface area contributed by atoms with Crippen LogP contribution < -0.4 is 5.56 Å². The number of sulfone groups is 1. The van der Waals surface area contributed by atoms with Crippen LogP contribution in [0.4, 0.5) is 4.39 Å². The van der Waals surface area contributed by atoms with Gasteiger partial charge < -0.3 is 4.57 Å². The maximum absolute atomic E-state index is 13.3. The van der Waals surface area contributed by atoms with Crippen molar-refractivity contribution in [3.05, 3.63) is 93.2 Å². The number of aromatic nitrogens is 1. The van der Waals surface area contributed by atoms with E-state index in [0.717, 1.165) is 22.3 Å². The molecule has 0 bridgehead atoms. The van der Waals surface area contributed by atoms with Crippen molar-refractivity contribution in [2.75, 3.05) is 0 Å². The number of aryl methyl sites for hydroxylation is 2. The van der Waals surface area contributed by atoms with Gasteiger partial charge in [-0.3, -0.25) is 4.79 Å². The van der Waals surface area contributed by atoms with Crippen LogP contribution in [0, 0.1) is 17.5 Å². The summed E-state index contributed by atoms with van der Waals surface area (Å²) in [5, 5.41) is 1.86. The number of terminal acetylenes is 1. The van der Waals surface area contributed by atoms with Crippen LogP contribution in [0.5, 0.6) is 0 Å². The Hall–Kier alpha value is -3.17. The van der Waals surface area contributed by atoms with Crippen LogP contribution in [0.15, 0.2) is 59.5 Å². The number of hydrogen-bond donors (Lipinski definition) is 0. The van der Waals surface area contributed by atoms with E-state index < -0.39 is 9.84 Å². The van der Waals surface area contributed by atoms with Crippen molar-refractivity contribution >= 4 is 9.84 Å². The summed E-state index contributed by atoms with van der Waals surface area (Å²) in [6.07, 6.45) is 7.92. The van der Waals surface area contributed by atoms with Crippen LogP contribution >= 0.6 is 0 Å². The molecule has 0 aliphatic rings. The van der Waals surface area contributed by atoms with E-state index in [0.29, 0.717) is 24.0 Å². The van der Waals surface area contributed by atoms with Crippen molar-refractivity contribution < 1.29 is 12.8 Å². The predicted octanol–water partition coefficient (Wildman–Crippen LogP) is 3.85. The smallest absolute Gasteiger partial charge is 0.253 e. The zero-order valence-corrected chi connectivity index (χ0v) is 17.7. The lowest BCUT2D eigenvalue weighted by Gasteiger charge is -2.17. The highest BCUT2D eigenvalue weighted by Crippen LogP contribution is 2.31. The fraction of sp³-hybridized carbons (Fsp3) is 0.208. The van der Waals surface area contributed by atoms with E-state index >= 15 is 0 Å². The van der Waals surface area contributed by atoms with Gasteiger partial charge in [-0.15, -0.1) is 6.42 Å². The lowest BCUT2D eigenvalue weighted by molar-refractivity contribution is 0.605. The fourth-order valence-corrected chi connectivity index (χ4v) is 4.26. The maximum atomic E-state index is 13.3. The highest BCUT2D eigenvalue weighted by atomic mass is 32.2. The second kappa shape index (κ2) is 8.68. The average Bonchev–Trinajstić information content (AvgIpc) is 2.72. The van der Waals surface area contributed by atoms with Crippen LogP contribution in [0.3, 0.4) is 0 Å². The Balaban J connectivity index is 2.23. The highest BCUT2D eigenvalue weighted by molar-refractivity contribution is 7.95. The van der Waals surface area contributed by atoms with Gasteiger partial charge in [0.05, 0.1) is 5.75 Å². The molecule has 6 heteroatoms. The van der Waals surface area contributed by atoms with Gasteiger partial charge in [-0.25, -0.2) is 12.8 Å². The molecule has 0 aliphatic carbocycles. The van der Waals surface area contributed by atoms with Crippen LogP contribution in [0.1, 0.15) is 29.2 Å². The minimum atomic E-state index is -3.72. The molecule has 1 aromatic heterocycles. The van der Waals surface area contributed by atoms with Gasteiger partial charge >= 0.3 is 0 Å². The van der Waals surface area contributed by atoms with E-state index in [1.165, 1.54) is 16.7 Å². The van der Waals surface area contributed by atoms with Gasteiger partial charge in [0.15, 0.2) is 0 Å². The van der Waals surface area contributed by atoms with Crippen molar-refractivity contribution in [1.82, 2.24) is 4.57 Å². The largest absolute Gasteiger partial charge is 0.318 e. The minimum Gasteiger partial charge on any atom is -0.318 e. The first-order chi connectivity index (χ1) is 14.2. The van der Waals surface area contributed by atoms with E-state index in [2.05, 4.69) is 0 Å². The van der Waals surface area contributed by atoms with Crippen molar-refractivity contribution in [2.45, 2.75) is 25.5 Å². The van der Waals surface area contributed by atoms with Crippen LogP contribution in [0.25, 0.3) is 11.1 Å². The van der Waals surface area contributed by atoms with E-state index in [4.69, 9.17) is 6.42 Å². The van der Waals surface area contributed by atoms with Gasteiger partial charge in [-0.2, -0.15) is 0 Å². The Bertz CT molecular complexity index is 1280. The average molecular weight is 424 g/mol. The molecule has 1 heterocycles. The Morgan fingerprint density at radius 3 is 2.37 bits per heavy atom. The molecule has 0 radical (unpaired) electrons. The van der Waals surface area contributed by atoms with Gasteiger partial charge in [0.2, 0.25) is 9.84 Å². The predicted molar refractivity (Wildman–Crippen MR) is 117 cm³/mol. The van der Waals surface area contributed by atoms with Crippen molar-refractivity contribution in [3.63, 3.8) is 0 Å². The maximum Gasteiger partial charge on any atom is 0.253 e. The van der Waals surface area contributed by atoms with Gasteiger partial charge in [0, 0.05) is 24.1 Å². The molecule has 4 nitrogen and oxygen atoms in total. The number of hydrogen-bond acceptors (Lipinski definition) is 3.